The van der Waals surface area contributed by atoms with Gasteiger partial charge in [0.25, 0.3) is 0 Å². The largest absolute Gasteiger partial charge is 0.409 e. The van der Waals surface area contributed by atoms with Crippen molar-refractivity contribution < 1.29 is 4.43 Å². The van der Waals surface area contributed by atoms with Crippen molar-refractivity contribution in [1.82, 2.24) is 0 Å². The summed E-state index contributed by atoms with van der Waals surface area (Å²) in [6.07, 6.45) is 0. The average Bonchev–Trinajstić information content (AvgIpc) is 1.98. The van der Waals surface area contributed by atoms with Crippen molar-refractivity contribution in [2.45, 2.75) is 64.2 Å². The van der Waals surface area contributed by atoms with Gasteiger partial charge in [0.1, 0.15) is 3.96 Å². The van der Waals surface area contributed by atoms with Gasteiger partial charge in [-0.3, -0.25) is 0 Å². The molecule has 0 saturated carbocycles. The molecule has 1 heterocycles. The van der Waals surface area contributed by atoms with E-state index in [-0.39, 0.29) is 16.4 Å². The molecule has 0 radical (unpaired) electrons. The second kappa shape index (κ2) is 3.40. The van der Waals surface area contributed by atoms with E-state index in [0.29, 0.717) is 0 Å². The fourth-order valence-corrected chi connectivity index (χ4v) is 6.91. The van der Waals surface area contributed by atoms with Crippen molar-refractivity contribution in [3.05, 3.63) is 0 Å². The molecule has 1 rings (SSSR count). The van der Waals surface area contributed by atoms with Crippen molar-refractivity contribution in [3.8, 4) is 0 Å². The van der Waals surface area contributed by atoms with Crippen LogP contribution in [0.4, 0.5) is 0 Å². The highest BCUT2D eigenvalue weighted by Crippen LogP contribution is 2.64. The molecule has 96 valence electrons. The third-order valence-electron chi connectivity index (χ3n) is 5.12. The summed E-state index contributed by atoms with van der Waals surface area (Å²) in [6, 6.07) is 0. The molecular weight excluding hydrogens is 259 g/mol. The van der Waals surface area contributed by atoms with Crippen molar-refractivity contribution in [2.75, 3.05) is 0 Å². The van der Waals surface area contributed by atoms with E-state index >= 15 is 0 Å². The zero-order chi connectivity index (χ0) is 13.2. The Morgan fingerprint density at radius 3 is 1.56 bits per heavy atom. The van der Waals surface area contributed by atoms with Gasteiger partial charge in [-0.2, -0.15) is 0 Å². The lowest BCUT2D eigenvalue weighted by molar-refractivity contribution is -0.117. The van der Waals surface area contributed by atoms with Gasteiger partial charge in [-0.15, -0.1) is 23.2 Å². The fraction of sp³-hybridized carbons (Fsp3) is 1.00. The van der Waals surface area contributed by atoms with Crippen molar-refractivity contribution >= 4 is 31.5 Å². The van der Waals surface area contributed by atoms with Gasteiger partial charge in [-0.1, -0.05) is 27.7 Å². The highest BCUT2D eigenvalue weighted by atomic mass is 35.5. The Hall–Kier alpha value is 0.757. The summed E-state index contributed by atoms with van der Waals surface area (Å²) < 4.78 is 5.52. The molecule has 1 aliphatic rings. The first-order chi connectivity index (χ1) is 6.71. The highest BCUT2D eigenvalue weighted by molar-refractivity contribution is 6.91. The number of alkyl halides is 2. The van der Waals surface area contributed by atoms with Gasteiger partial charge >= 0.3 is 0 Å². The van der Waals surface area contributed by atoms with Gasteiger partial charge in [0.2, 0.25) is 8.32 Å². The van der Waals surface area contributed by atoms with Crippen LogP contribution in [0, 0.1) is 10.8 Å². The average molecular weight is 283 g/mol. The zero-order valence-corrected chi connectivity index (χ0v) is 14.2. The number of hydrogen-bond donors (Lipinski definition) is 0. The summed E-state index contributed by atoms with van der Waals surface area (Å²) in [7, 11) is -2.15. The van der Waals surface area contributed by atoms with Crippen LogP contribution in [0.2, 0.25) is 13.1 Å². The molecule has 0 atom stereocenters. The second-order valence-corrected chi connectivity index (χ2v) is 12.9. The fourth-order valence-electron chi connectivity index (χ4n) is 2.73. The van der Waals surface area contributed by atoms with Crippen LogP contribution in [0.25, 0.3) is 0 Å². The Bertz CT molecular complexity index is 278. The molecule has 0 aromatic carbocycles. The summed E-state index contributed by atoms with van der Waals surface area (Å²) in [4.78, 5) is 0. The van der Waals surface area contributed by atoms with E-state index in [0.717, 1.165) is 0 Å². The van der Waals surface area contributed by atoms with Crippen molar-refractivity contribution in [3.63, 3.8) is 0 Å². The molecule has 1 fully saturated rings. The van der Waals surface area contributed by atoms with E-state index in [9.17, 15) is 0 Å². The summed E-state index contributed by atoms with van der Waals surface area (Å²) in [5.41, 5.74) is -0.494. The predicted molar refractivity (Wildman–Crippen MR) is 74.6 cm³/mol. The van der Waals surface area contributed by atoms with Gasteiger partial charge < -0.3 is 4.43 Å². The van der Waals surface area contributed by atoms with E-state index < -0.39 is 12.3 Å². The minimum atomic E-state index is -2.15. The third kappa shape index (κ3) is 1.53. The van der Waals surface area contributed by atoms with Crippen LogP contribution >= 0.6 is 23.2 Å². The molecule has 0 unspecified atom stereocenters. The number of halogens is 2. The van der Waals surface area contributed by atoms with Gasteiger partial charge in [0, 0.05) is 5.41 Å². The van der Waals surface area contributed by atoms with Crippen LogP contribution in [-0.4, -0.2) is 17.9 Å². The van der Waals surface area contributed by atoms with Crippen molar-refractivity contribution in [1.29, 1.82) is 0 Å². The molecule has 16 heavy (non-hydrogen) atoms. The Kier molecular flexibility index (Phi) is 3.15. The maximum atomic E-state index is 6.67. The van der Waals surface area contributed by atoms with Gasteiger partial charge in [0.05, 0.1) is 5.60 Å². The Balaban J connectivity index is 3.43. The van der Waals surface area contributed by atoms with E-state index in [1.54, 1.807) is 0 Å². The summed E-state index contributed by atoms with van der Waals surface area (Å²) in [5, 5.41) is 0. The van der Waals surface area contributed by atoms with Crippen LogP contribution in [0.5, 0.6) is 0 Å². The van der Waals surface area contributed by atoms with Crippen LogP contribution in [0.1, 0.15) is 41.5 Å². The molecule has 0 aromatic heterocycles. The van der Waals surface area contributed by atoms with Crippen LogP contribution in [-0.2, 0) is 4.43 Å². The molecular formula is C12H24Cl2OSi. The van der Waals surface area contributed by atoms with Crippen LogP contribution < -0.4 is 0 Å². The maximum Gasteiger partial charge on any atom is 0.224 e. The van der Waals surface area contributed by atoms with Crippen LogP contribution in [0.15, 0.2) is 0 Å². The molecule has 0 aromatic rings. The molecule has 0 bridgehead atoms. The monoisotopic (exact) mass is 282 g/mol. The Morgan fingerprint density at radius 1 is 0.812 bits per heavy atom. The lowest BCUT2D eigenvalue weighted by atomic mass is 9.60. The summed E-state index contributed by atoms with van der Waals surface area (Å²) in [6.45, 7) is 17.2. The van der Waals surface area contributed by atoms with Crippen molar-refractivity contribution in [2.24, 2.45) is 10.8 Å². The molecule has 0 spiro atoms. The maximum absolute atomic E-state index is 6.67. The molecule has 1 aliphatic heterocycles. The van der Waals surface area contributed by atoms with E-state index in [1.165, 1.54) is 0 Å². The predicted octanol–water partition coefficient (Wildman–Crippen LogP) is 4.77. The van der Waals surface area contributed by atoms with E-state index in [4.69, 9.17) is 27.6 Å². The molecule has 4 heteroatoms. The quantitative estimate of drug-likeness (QED) is 0.460. The second-order valence-electron chi connectivity index (χ2n) is 6.95. The number of hydrogen-bond acceptors (Lipinski definition) is 1. The summed E-state index contributed by atoms with van der Waals surface area (Å²) >= 11 is 13.3. The SMILES string of the molecule is CC1(C)O[Si](C)(C)C(Cl)(Cl)C(C)(C)C1(C)C. The van der Waals surface area contributed by atoms with Gasteiger partial charge in [0.15, 0.2) is 0 Å². The van der Waals surface area contributed by atoms with E-state index in [2.05, 4.69) is 54.6 Å². The first kappa shape index (κ1) is 14.8. The highest BCUT2D eigenvalue weighted by Gasteiger charge is 2.70. The molecule has 1 nitrogen and oxygen atoms in total. The van der Waals surface area contributed by atoms with Gasteiger partial charge in [-0.05, 0) is 32.4 Å². The normalized spacial score (nSPS) is 33.4. The van der Waals surface area contributed by atoms with Gasteiger partial charge in [-0.25, -0.2) is 0 Å². The lowest BCUT2D eigenvalue weighted by Crippen LogP contribution is -2.73. The molecule has 0 N–H and O–H groups in total. The Morgan fingerprint density at radius 2 is 1.19 bits per heavy atom. The summed E-state index contributed by atoms with van der Waals surface area (Å²) in [5.74, 6) is 0. The first-order valence-corrected chi connectivity index (χ1v) is 9.45. The van der Waals surface area contributed by atoms with E-state index in [1.807, 2.05) is 0 Å². The molecule has 1 saturated heterocycles. The third-order valence-corrected chi connectivity index (χ3v) is 12.0. The standard InChI is InChI=1S/C12H24Cl2OSi/c1-9(2)10(3,4)12(13,14)16(7,8)15-11(9,5)6/h1-8H3. The lowest BCUT2D eigenvalue weighted by Gasteiger charge is -2.65. The first-order valence-electron chi connectivity index (χ1n) is 5.79. The van der Waals surface area contributed by atoms with Crippen LogP contribution in [0.3, 0.4) is 0 Å². The Labute approximate surface area is 111 Å². The number of rotatable bonds is 0. The minimum absolute atomic E-state index is 0.0913. The zero-order valence-electron chi connectivity index (χ0n) is 11.7. The smallest absolute Gasteiger partial charge is 0.224 e. The topological polar surface area (TPSA) is 9.23 Å². The molecule has 0 aliphatic carbocycles. The minimum Gasteiger partial charge on any atom is -0.409 e. The molecule has 0 amide bonds.